The molecule has 0 amide bonds. The lowest BCUT2D eigenvalue weighted by Gasteiger charge is -2.28. The smallest absolute Gasteiger partial charge is 0.0972 e. The van der Waals surface area contributed by atoms with Crippen LogP contribution in [0, 0.1) is 5.41 Å². The summed E-state index contributed by atoms with van der Waals surface area (Å²) in [7, 11) is 0. The molecule has 0 heterocycles. The Hall–Kier alpha value is -1.51. The topological polar surface area (TPSA) is 20.2 Å². The Balaban J connectivity index is 2.12. The van der Waals surface area contributed by atoms with Crippen molar-refractivity contribution in [1.82, 2.24) is 0 Å². The molecule has 0 spiro atoms. The van der Waals surface area contributed by atoms with Gasteiger partial charge in [0.2, 0.25) is 0 Å². The second-order valence-electron chi connectivity index (χ2n) is 6.46. The van der Waals surface area contributed by atoms with E-state index in [9.17, 15) is 5.11 Å². The summed E-state index contributed by atoms with van der Waals surface area (Å²) in [5.41, 5.74) is 1.05. The fourth-order valence-corrected chi connectivity index (χ4v) is 3.25. The first-order valence-electron chi connectivity index (χ1n) is 7.60. The molecule has 0 aromatic heterocycles. The Morgan fingerprint density at radius 1 is 0.864 bits per heavy atom. The van der Waals surface area contributed by atoms with Crippen LogP contribution in [0.4, 0.5) is 0 Å². The summed E-state index contributed by atoms with van der Waals surface area (Å²) >= 11 is 1.83. The lowest BCUT2D eigenvalue weighted by Crippen LogP contribution is -2.21. The van der Waals surface area contributed by atoms with Crippen LogP contribution in [0.1, 0.15) is 32.4 Å². The van der Waals surface area contributed by atoms with Gasteiger partial charge in [0.05, 0.1) is 6.10 Å². The number of thioether (sulfide) groups is 1. The van der Waals surface area contributed by atoms with Gasteiger partial charge in [-0.3, -0.25) is 0 Å². The molecule has 2 atom stereocenters. The summed E-state index contributed by atoms with van der Waals surface area (Å²) in [6.07, 6.45) is 3.48. The Bertz CT molecular complexity index is 584. The van der Waals surface area contributed by atoms with Crippen LogP contribution in [0.5, 0.6) is 0 Å². The zero-order chi connectivity index (χ0) is 16.0. The van der Waals surface area contributed by atoms with E-state index in [-0.39, 0.29) is 5.41 Å². The van der Waals surface area contributed by atoms with Crippen molar-refractivity contribution >= 4 is 11.8 Å². The van der Waals surface area contributed by atoms with Crippen molar-refractivity contribution in [3.05, 3.63) is 78.4 Å². The number of benzene rings is 2. The summed E-state index contributed by atoms with van der Waals surface area (Å²) < 4.78 is 0. The van der Waals surface area contributed by atoms with Gasteiger partial charge in [-0.15, -0.1) is 11.8 Å². The highest BCUT2D eigenvalue weighted by Crippen LogP contribution is 2.36. The Morgan fingerprint density at radius 3 is 1.95 bits per heavy atom. The van der Waals surface area contributed by atoms with Gasteiger partial charge in [0.15, 0.2) is 0 Å². The van der Waals surface area contributed by atoms with Gasteiger partial charge in [0, 0.05) is 10.1 Å². The summed E-state index contributed by atoms with van der Waals surface area (Å²) in [5.74, 6) is 0. The van der Waals surface area contributed by atoms with Crippen LogP contribution >= 0.6 is 11.8 Å². The lowest BCUT2D eigenvalue weighted by molar-refractivity contribution is 0.228. The monoisotopic (exact) mass is 312 g/mol. The van der Waals surface area contributed by atoms with E-state index in [1.54, 1.807) is 0 Å². The summed E-state index contributed by atoms with van der Waals surface area (Å²) in [6.45, 7) is 6.69. The van der Waals surface area contributed by atoms with Gasteiger partial charge in [0.1, 0.15) is 0 Å². The van der Waals surface area contributed by atoms with Gasteiger partial charge in [-0.1, -0.05) is 81.5 Å². The van der Waals surface area contributed by atoms with Crippen molar-refractivity contribution in [3.8, 4) is 0 Å². The molecule has 2 heteroatoms. The highest BCUT2D eigenvalue weighted by atomic mass is 32.2. The van der Waals surface area contributed by atoms with E-state index in [1.807, 2.05) is 54.2 Å². The van der Waals surface area contributed by atoms with Crippen molar-refractivity contribution < 1.29 is 5.11 Å². The lowest BCUT2D eigenvalue weighted by atomic mass is 9.91. The van der Waals surface area contributed by atoms with Crippen LogP contribution in [0.3, 0.4) is 0 Å². The third-order valence-corrected chi connectivity index (χ3v) is 5.13. The van der Waals surface area contributed by atoms with E-state index in [1.165, 1.54) is 4.90 Å². The highest BCUT2D eigenvalue weighted by molar-refractivity contribution is 8.00. The predicted octanol–water partition coefficient (Wildman–Crippen LogP) is 5.48. The molecular weight excluding hydrogens is 288 g/mol. The fourth-order valence-electron chi connectivity index (χ4n) is 2.12. The minimum absolute atomic E-state index is 0.118. The van der Waals surface area contributed by atoms with Gasteiger partial charge in [0.25, 0.3) is 0 Å². The maximum atomic E-state index is 10.3. The normalized spacial score (nSPS) is 14.9. The molecule has 22 heavy (non-hydrogen) atoms. The van der Waals surface area contributed by atoms with Gasteiger partial charge in [-0.2, -0.15) is 0 Å². The van der Waals surface area contributed by atoms with E-state index in [4.69, 9.17) is 0 Å². The standard InChI is InChI=1S/C20H24OS/c1-20(2,3)19(22-17-12-8-5-9-13-17)15-14-18(21)16-10-6-4-7-11-16/h4-15,18-19,21H,1-3H3/t18-,19+/m1/s1. The first-order valence-corrected chi connectivity index (χ1v) is 8.48. The first kappa shape index (κ1) is 16.9. The molecule has 2 aromatic rings. The highest BCUT2D eigenvalue weighted by Gasteiger charge is 2.23. The van der Waals surface area contributed by atoms with Crippen LogP contribution < -0.4 is 0 Å². The van der Waals surface area contributed by atoms with Crippen molar-refractivity contribution in [1.29, 1.82) is 0 Å². The first-order chi connectivity index (χ1) is 10.5. The molecular formula is C20H24OS. The van der Waals surface area contributed by atoms with E-state index in [2.05, 4.69) is 51.1 Å². The molecule has 0 aliphatic rings. The van der Waals surface area contributed by atoms with Gasteiger partial charge in [-0.25, -0.2) is 0 Å². The maximum Gasteiger partial charge on any atom is 0.0972 e. The predicted molar refractivity (Wildman–Crippen MR) is 96.1 cm³/mol. The molecule has 0 aliphatic carbocycles. The molecule has 1 N–H and O–H groups in total. The summed E-state index contributed by atoms with van der Waals surface area (Å²) in [6, 6.07) is 20.2. The SMILES string of the molecule is CC(C)(C)[C@H](C=C[C@@H](O)c1ccccc1)Sc1ccccc1. The molecule has 2 rings (SSSR count). The number of aliphatic hydroxyl groups is 1. The summed E-state index contributed by atoms with van der Waals surface area (Å²) in [5, 5.41) is 10.6. The molecule has 0 bridgehead atoms. The number of aliphatic hydroxyl groups excluding tert-OH is 1. The number of rotatable bonds is 5. The average molecular weight is 312 g/mol. The van der Waals surface area contributed by atoms with Gasteiger partial charge in [-0.05, 0) is 23.1 Å². The Kier molecular flexibility index (Phi) is 5.87. The molecule has 2 aromatic carbocycles. The molecule has 1 nitrogen and oxygen atoms in total. The molecule has 0 saturated heterocycles. The molecule has 0 saturated carbocycles. The summed E-state index contributed by atoms with van der Waals surface area (Å²) in [4.78, 5) is 1.25. The fraction of sp³-hybridized carbons (Fsp3) is 0.300. The second kappa shape index (κ2) is 7.66. The number of hydrogen-bond donors (Lipinski definition) is 1. The van der Waals surface area contributed by atoms with Gasteiger partial charge >= 0.3 is 0 Å². The van der Waals surface area contributed by atoms with Crippen LogP contribution in [0.15, 0.2) is 77.7 Å². The van der Waals surface area contributed by atoms with E-state index < -0.39 is 6.10 Å². The second-order valence-corrected chi connectivity index (χ2v) is 7.67. The zero-order valence-corrected chi connectivity index (χ0v) is 14.3. The third-order valence-electron chi connectivity index (χ3n) is 3.47. The van der Waals surface area contributed by atoms with E-state index >= 15 is 0 Å². The van der Waals surface area contributed by atoms with E-state index in [0.29, 0.717) is 5.25 Å². The quantitative estimate of drug-likeness (QED) is 0.582. The Labute approximate surface area is 138 Å². The van der Waals surface area contributed by atoms with Crippen LogP contribution in [-0.2, 0) is 0 Å². The van der Waals surface area contributed by atoms with Crippen LogP contribution in [-0.4, -0.2) is 10.4 Å². The van der Waals surface area contributed by atoms with E-state index in [0.717, 1.165) is 5.56 Å². The molecule has 116 valence electrons. The Morgan fingerprint density at radius 2 is 1.41 bits per heavy atom. The molecule has 0 radical (unpaired) electrons. The van der Waals surface area contributed by atoms with Crippen molar-refractivity contribution in [2.75, 3.05) is 0 Å². The van der Waals surface area contributed by atoms with Gasteiger partial charge < -0.3 is 5.11 Å². The van der Waals surface area contributed by atoms with Crippen molar-refractivity contribution in [2.45, 2.75) is 37.0 Å². The van der Waals surface area contributed by atoms with Crippen LogP contribution in [0.2, 0.25) is 0 Å². The zero-order valence-electron chi connectivity index (χ0n) is 13.4. The minimum Gasteiger partial charge on any atom is -0.384 e. The minimum atomic E-state index is -0.553. The van der Waals surface area contributed by atoms with Crippen molar-refractivity contribution in [2.24, 2.45) is 5.41 Å². The average Bonchev–Trinajstić information content (AvgIpc) is 2.52. The molecule has 0 fully saturated rings. The molecule has 0 unspecified atom stereocenters. The third kappa shape index (κ3) is 5.04. The van der Waals surface area contributed by atoms with Crippen molar-refractivity contribution in [3.63, 3.8) is 0 Å². The number of hydrogen-bond acceptors (Lipinski definition) is 2. The largest absolute Gasteiger partial charge is 0.384 e. The maximum absolute atomic E-state index is 10.3. The molecule has 0 aliphatic heterocycles. The van der Waals surface area contributed by atoms with Crippen LogP contribution in [0.25, 0.3) is 0 Å².